The smallest absolute Gasteiger partial charge is 0.382 e. The molecule has 1 unspecified atom stereocenters. The molecule has 0 aliphatic rings. The maximum Gasteiger partial charge on any atom is 0.416 e. The lowest BCUT2D eigenvalue weighted by Crippen LogP contribution is -2.31. The van der Waals surface area contributed by atoms with Crippen molar-refractivity contribution in [2.45, 2.75) is 19.1 Å². The summed E-state index contributed by atoms with van der Waals surface area (Å²) in [5, 5.41) is 11.9. The first-order valence-corrected chi connectivity index (χ1v) is 5.77. The number of nitrogens with one attached hydrogen (secondary N) is 1. The third kappa shape index (κ3) is 4.14. The summed E-state index contributed by atoms with van der Waals surface area (Å²) in [6.07, 6.45) is -4.43. The van der Waals surface area contributed by atoms with E-state index >= 15 is 0 Å². The third-order valence-electron chi connectivity index (χ3n) is 2.94. The summed E-state index contributed by atoms with van der Waals surface area (Å²) in [4.78, 5) is 1.98. The molecule has 104 valence electrons. The van der Waals surface area contributed by atoms with Gasteiger partial charge in [-0.25, -0.2) is 0 Å². The summed E-state index contributed by atoms with van der Waals surface area (Å²) in [6, 6.07) is 5.12. The fourth-order valence-electron chi connectivity index (χ4n) is 1.41. The summed E-state index contributed by atoms with van der Waals surface area (Å²) >= 11 is 0. The number of halogens is 3. The number of rotatable bonds is 4. The topological polar surface area (TPSA) is 39.1 Å². The summed E-state index contributed by atoms with van der Waals surface area (Å²) in [5.74, 6) is 0. The Labute approximate surface area is 110 Å². The number of alkyl halides is 3. The number of nitriles is 1. The molecule has 0 radical (unpaired) electrons. The minimum Gasteiger partial charge on any atom is -0.382 e. The van der Waals surface area contributed by atoms with Crippen molar-refractivity contribution in [2.24, 2.45) is 0 Å². The van der Waals surface area contributed by atoms with Crippen LogP contribution in [-0.4, -0.2) is 31.6 Å². The standard InChI is InChI=1S/C13H16F3N3/c1-9(19(2)3)8-18-12-5-4-11(13(14,15)16)6-10(12)7-17/h4-6,9,18H,8H2,1-3H3. The number of benzene rings is 1. The summed E-state index contributed by atoms with van der Waals surface area (Å²) in [5.41, 5.74) is -0.389. The molecular formula is C13H16F3N3. The first-order chi connectivity index (χ1) is 8.75. The van der Waals surface area contributed by atoms with Gasteiger partial charge in [0.05, 0.1) is 16.8 Å². The van der Waals surface area contributed by atoms with Crippen LogP contribution in [0.2, 0.25) is 0 Å². The van der Waals surface area contributed by atoms with Gasteiger partial charge < -0.3 is 10.2 Å². The molecule has 0 heterocycles. The zero-order chi connectivity index (χ0) is 14.6. The Morgan fingerprint density at radius 1 is 1.37 bits per heavy atom. The van der Waals surface area contributed by atoms with Gasteiger partial charge in [-0.15, -0.1) is 0 Å². The molecule has 0 saturated heterocycles. The number of nitrogens with zero attached hydrogens (tertiary/aromatic N) is 2. The van der Waals surface area contributed by atoms with Crippen LogP contribution in [0.5, 0.6) is 0 Å². The van der Waals surface area contributed by atoms with Crippen LogP contribution < -0.4 is 5.32 Å². The highest BCUT2D eigenvalue weighted by Crippen LogP contribution is 2.31. The Hall–Kier alpha value is -1.74. The van der Waals surface area contributed by atoms with E-state index in [0.29, 0.717) is 12.2 Å². The van der Waals surface area contributed by atoms with Crippen LogP contribution in [0.4, 0.5) is 18.9 Å². The second kappa shape index (κ2) is 5.93. The molecule has 0 amide bonds. The van der Waals surface area contributed by atoms with Crippen molar-refractivity contribution in [3.05, 3.63) is 29.3 Å². The molecule has 0 aliphatic carbocycles. The quantitative estimate of drug-likeness (QED) is 0.915. The fourth-order valence-corrected chi connectivity index (χ4v) is 1.41. The highest BCUT2D eigenvalue weighted by Gasteiger charge is 2.31. The lowest BCUT2D eigenvalue weighted by molar-refractivity contribution is -0.137. The van der Waals surface area contributed by atoms with Gasteiger partial charge in [-0.2, -0.15) is 18.4 Å². The molecule has 0 saturated carbocycles. The van der Waals surface area contributed by atoms with Crippen LogP contribution in [0.25, 0.3) is 0 Å². The molecule has 0 bridgehead atoms. The first kappa shape index (κ1) is 15.3. The average Bonchev–Trinajstić information content (AvgIpc) is 2.34. The lowest BCUT2D eigenvalue weighted by atomic mass is 10.1. The van der Waals surface area contributed by atoms with Crippen LogP contribution in [0.15, 0.2) is 18.2 Å². The van der Waals surface area contributed by atoms with Crippen molar-refractivity contribution in [1.29, 1.82) is 5.26 Å². The summed E-state index contributed by atoms with van der Waals surface area (Å²) in [7, 11) is 3.81. The van der Waals surface area contributed by atoms with E-state index in [2.05, 4.69) is 5.32 Å². The third-order valence-corrected chi connectivity index (χ3v) is 2.94. The Kier molecular flexibility index (Phi) is 4.78. The van der Waals surface area contributed by atoms with Gasteiger partial charge in [0.25, 0.3) is 0 Å². The molecular weight excluding hydrogens is 255 g/mol. The highest BCUT2D eigenvalue weighted by atomic mass is 19.4. The predicted octanol–water partition coefficient (Wildman–Crippen LogP) is 2.94. The minimum atomic E-state index is -4.43. The second-order valence-electron chi connectivity index (χ2n) is 4.56. The van der Waals surface area contributed by atoms with Gasteiger partial charge >= 0.3 is 6.18 Å². The molecule has 6 heteroatoms. The number of hydrogen-bond acceptors (Lipinski definition) is 3. The first-order valence-electron chi connectivity index (χ1n) is 5.77. The van der Waals surface area contributed by atoms with Crippen molar-refractivity contribution in [1.82, 2.24) is 4.90 Å². The van der Waals surface area contributed by atoms with Gasteiger partial charge in [0.15, 0.2) is 0 Å². The molecule has 1 N–H and O–H groups in total. The van der Waals surface area contributed by atoms with Crippen LogP contribution in [0.1, 0.15) is 18.1 Å². The molecule has 0 fully saturated rings. The van der Waals surface area contributed by atoms with Crippen molar-refractivity contribution in [3.8, 4) is 6.07 Å². The molecule has 3 nitrogen and oxygen atoms in total. The minimum absolute atomic E-state index is 0.000723. The van der Waals surface area contributed by atoms with E-state index in [0.717, 1.165) is 12.1 Å². The van der Waals surface area contributed by atoms with Crippen LogP contribution in [0.3, 0.4) is 0 Å². The van der Waals surface area contributed by atoms with Gasteiger partial charge in [-0.1, -0.05) is 0 Å². The van der Waals surface area contributed by atoms with E-state index in [1.54, 1.807) is 6.07 Å². The van der Waals surface area contributed by atoms with E-state index in [1.165, 1.54) is 6.07 Å². The Bertz CT molecular complexity index is 475. The number of hydrogen-bond donors (Lipinski definition) is 1. The monoisotopic (exact) mass is 271 g/mol. The Morgan fingerprint density at radius 3 is 2.47 bits per heavy atom. The van der Waals surface area contributed by atoms with E-state index in [4.69, 9.17) is 5.26 Å². The summed E-state index contributed by atoms with van der Waals surface area (Å²) in [6.45, 7) is 2.52. The van der Waals surface area contributed by atoms with Crippen molar-refractivity contribution >= 4 is 5.69 Å². The van der Waals surface area contributed by atoms with E-state index in [9.17, 15) is 13.2 Å². The fraction of sp³-hybridized carbons (Fsp3) is 0.462. The number of likely N-dealkylation sites (N-methyl/N-ethyl adjacent to an activating group) is 1. The number of anilines is 1. The molecule has 1 aromatic carbocycles. The Morgan fingerprint density at radius 2 is 2.00 bits per heavy atom. The van der Waals surface area contributed by atoms with Gasteiger partial charge in [0, 0.05) is 12.6 Å². The van der Waals surface area contributed by atoms with E-state index < -0.39 is 11.7 Å². The Balaban J connectivity index is 2.89. The largest absolute Gasteiger partial charge is 0.416 e. The van der Waals surface area contributed by atoms with Gasteiger partial charge in [0.2, 0.25) is 0 Å². The molecule has 0 aliphatic heterocycles. The normalized spacial score (nSPS) is 13.2. The SMILES string of the molecule is CC(CNc1ccc(C(F)(F)F)cc1C#N)N(C)C. The van der Waals surface area contributed by atoms with E-state index in [1.807, 2.05) is 25.9 Å². The zero-order valence-electron chi connectivity index (χ0n) is 11.0. The molecule has 1 atom stereocenters. The maximum atomic E-state index is 12.5. The maximum absolute atomic E-state index is 12.5. The highest BCUT2D eigenvalue weighted by molar-refractivity contribution is 5.59. The molecule has 1 rings (SSSR count). The lowest BCUT2D eigenvalue weighted by Gasteiger charge is -2.21. The van der Waals surface area contributed by atoms with Crippen molar-refractivity contribution in [2.75, 3.05) is 26.0 Å². The van der Waals surface area contributed by atoms with Crippen molar-refractivity contribution < 1.29 is 13.2 Å². The second-order valence-corrected chi connectivity index (χ2v) is 4.56. The zero-order valence-corrected chi connectivity index (χ0v) is 11.0. The van der Waals surface area contributed by atoms with Crippen LogP contribution in [0, 0.1) is 11.3 Å². The van der Waals surface area contributed by atoms with Crippen molar-refractivity contribution in [3.63, 3.8) is 0 Å². The van der Waals surface area contributed by atoms with Crippen LogP contribution in [-0.2, 0) is 6.18 Å². The molecule has 19 heavy (non-hydrogen) atoms. The molecule has 1 aromatic rings. The van der Waals surface area contributed by atoms with Gasteiger partial charge in [0.1, 0.15) is 6.07 Å². The van der Waals surface area contributed by atoms with Crippen LogP contribution >= 0.6 is 0 Å². The predicted molar refractivity (Wildman–Crippen MR) is 67.8 cm³/mol. The average molecular weight is 271 g/mol. The van der Waals surface area contributed by atoms with Gasteiger partial charge in [-0.05, 0) is 39.2 Å². The summed E-state index contributed by atoms with van der Waals surface area (Å²) < 4.78 is 37.6. The molecule has 0 spiro atoms. The van der Waals surface area contributed by atoms with E-state index in [-0.39, 0.29) is 11.6 Å². The molecule has 0 aromatic heterocycles. The van der Waals surface area contributed by atoms with Gasteiger partial charge in [-0.3, -0.25) is 0 Å².